The maximum atomic E-state index is 13.6. The zero-order valence-corrected chi connectivity index (χ0v) is 12.9. The summed E-state index contributed by atoms with van der Waals surface area (Å²) in [7, 11) is 0. The number of urea groups is 1. The van der Waals surface area contributed by atoms with Crippen molar-refractivity contribution < 1.29 is 27.2 Å². The van der Waals surface area contributed by atoms with Gasteiger partial charge in [-0.25, -0.2) is 9.18 Å². The minimum atomic E-state index is -4.66. The van der Waals surface area contributed by atoms with E-state index in [1.807, 2.05) is 5.32 Å². The molecule has 0 aliphatic heterocycles. The van der Waals surface area contributed by atoms with Crippen LogP contribution in [0, 0.1) is 17.7 Å². The topological polar surface area (TPSA) is 84.2 Å². The summed E-state index contributed by atoms with van der Waals surface area (Å²) in [4.78, 5) is 22.4. The monoisotopic (exact) mass is 365 g/mol. The minimum Gasteiger partial charge on any atom is -0.359 e. The standard InChI is InChI=1S/C17H11F4N3O2/c18-13-7-4-11(17(19,20)21)9-14(13)24-16(26)23-12-5-1-10(2-6-12)3-8-15(22)25/h1-2,4-7,9H,(H2,22,25)(H2,23,24,26). The molecule has 0 saturated carbocycles. The summed E-state index contributed by atoms with van der Waals surface area (Å²) < 4.78 is 51.5. The number of anilines is 2. The number of rotatable bonds is 2. The molecule has 2 aromatic rings. The first-order valence-electron chi connectivity index (χ1n) is 7.01. The Morgan fingerprint density at radius 3 is 2.23 bits per heavy atom. The van der Waals surface area contributed by atoms with Gasteiger partial charge in [0, 0.05) is 11.3 Å². The van der Waals surface area contributed by atoms with Gasteiger partial charge in [0.15, 0.2) is 0 Å². The molecule has 26 heavy (non-hydrogen) atoms. The van der Waals surface area contributed by atoms with Gasteiger partial charge in [-0.15, -0.1) is 0 Å². The first-order chi connectivity index (χ1) is 12.1. The normalized spacial score (nSPS) is 10.5. The number of carbonyl (C=O) groups excluding carboxylic acids is 2. The Kier molecular flexibility index (Phi) is 5.47. The van der Waals surface area contributed by atoms with E-state index in [1.54, 1.807) is 0 Å². The Balaban J connectivity index is 2.07. The number of hydrogen-bond acceptors (Lipinski definition) is 2. The van der Waals surface area contributed by atoms with Crippen LogP contribution in [0.1, 0.15) is 11.1 Å². The summed E-state index contributed by atoms with van der Waals surface area (Å²) in [6.07, 6.45) is -4.66. The number of nitrogens with one attached hydrogen (secondary N) is 2. The molecule has 4 N–H and O–H groups in total. The lowest BCUT2D eigenvalue weighted by molar-refractivity contribution is -0.137. The van der Waals surface area contributed by atoms with Crippen molar-refractivity contribution in [1.29, 1.82) is 0 Å². The molecule has 0 fully saturated rings. The third kappa shape index (κ3) is 5.24. The van der Waals surface area contributed by atoms with Crippen LogP contribution < -0.4 is 16.4 Å². The number of primary amides is 1. The van der Waals surface area contributed by atoms with Crippen LogP contribution >= 0.6 is 0 Å². The molecule has 0 aromatic heterocycles. The summed E-state index contributed by atoms with van der Waals surface area (Å²) >= 11 is 0. The van der Waals surface area contributed by atoms with Gasteiger partial charge in [0.05, 0.1) is 11.3 Å². The van der Waals surface area contributed by atoms with Gasteiger partial charge < -0.3 is 16.4 Å². The average Bonchev–Trinajstić information content (AvgIpc) is 2.55. The van der Waals surface area contributed by atoms with E-state index < -0.39 is 35.2 Å². The van der Waals surface area contributed by atoms with E-state index >= 15 is 0 Å². The molecule has 0 aliphatic carbocycles. The molecule has 0 heterocycles. The molecule has 0 saturated heterocycles. The molecule has 0 atom stereocenters. The van der Waals surface area contributed by atoms with Crippen LogP contribution in [0.3, 0.4) is 0 Å². The number of halogens is 4. The third-order valence-corrected chi connectivity index (χ3v) is 3.01. The van der Waals surface area contributed by atoms with E-state index in [9.17, 15) is 27.2 Å². The van der Waals surface area contributed by atoms with Crippen molar-refractivity contribution >= 4 is 23.3 Å². The molecule has 0 radical (unpaired) electrons. The predicted octanol–water partition coefficient (Wildman–Crippen LogP) is 3.33. The molecule has 0 aliphatic rings. The Hall–Kier alpha value is -3.54. The number of nitrogens with two attached hydrogens (primary N) is 1. The van der Waals surface area contributed by atoms with Crippen LogP contribution in [0.2, 0.25) is 0 Å². The van der Waals surface area contributed by atoms with Crippen molar-refractivity contribution in [3.8, 4) is 11.8 Å². The van der Waals surface area contributed by atoms with Crippen LogP contribution in [0.5, 0.6) is 0 Å². The van der Waals surface area contributed by atoms with Crippen molar-refractivity contribution in [3.63, 3.8) is 0 Å². The number of amides is 3. The maximum Gasteiger partial charge on any atom is 0.416 e. The summed E-state index contributed by atoms with van der Waals surface area (Å²) in [6, 6.07) is 6.60. The van der Waals surface area contributed by atoms with Gasteiger partial charge in [-0.3, -0.25) is 4.79 Å². The first kappa shape index (κ1) is 18.8. The number of alkyl halides is 3. The molecule has 0 unspecified atom stereocenters. The van der Waals surface area contributed by atoms with Crippen molar-refractivity contribution in [3.05, 3.63) is 59.4 Å². The van der Waals surface area contributed by atoms with E-state index in [0.29, 0.717) is 23.8 Å². The van der Waals surface area contributed by atoms with Crippen molar-refractivity contribution in [2.75, 3.05) is 10.6 Å². The van der Waals surface area contributed by atoms with Crippen molar-refractivity contribution in [2.45, 2.75) is 6.18 Å². The Morgan fingerprint density at radius 2 is 1.65 bits per heavy atom. The van der Waals surface area contributed by atoms with Crippen LogP contribution in [0.25, 0.3) is 0 Å². The van der Waals surface area contributed by atoms with Gasteiger partial charge >= 0.3 is 12.2 Å². The molecule has 3 amide bonds. The second-order valence-electron chi connectivity index (χ2n) is 4.96. The van der Waals surface area contributed by atoms with Crippen molar-refractivity contribution in [1.82, 2.24) is 0 Å². The smallest absolute Gasteiger partial charge is 0.359 e. The summed E-state index contributed by atoms with van der Waals surface area (Å²) in [5.74, 6) is 2.81. The molecular weight excluding hydrogens is 354 g/mol. The molecule has 134 valence electrons. The van der Waals surface area contributed by atoms with Gasteiger partial charge in [0.25, 0.3) is 5.91 Å². The van der Waals surface area contributed by atoms with E-state index in [1.165, 1.54) is 24.3 Å². The lowest BCUT2D eigenvalue weighted by Gasteiger charge is -2.11. The predicted molar refractivity (Wildman–Crippen MR) is 86.6 cm³/mol. The van der Waals surface area contributed by atoms with Gasteiger partial charge in [0.1, 0.15) is 5.82 Å². The number of hydrogen-bond donors (Lipinski definition) is 3. The van der Waals surface area contributed by atoms with Crippen LogP contribution in [0.15, 0.2) is 42.5 Å². The molecular formula is C17H11F4N3O2. The first-order valence-corrected chi connectivity index (χ1v) is 7.01. The molecule has 2 rings (SSSR count). The molecule has 0 bridgehead atoms. The Morgan fingerprint density at radius 1 is 1.00 bits per heavy atom. The summed E-state index contributed by atoms with van der Waals surface area (Å²) in [5, 5.41) is 4.34. The SMILES string of the molecule is NC(=O)C#Cc1ccc(NC(=O)Nc2cc(C(F)(F)F)ccc2F)cc1. The highest BCUT2D eigenvalue weighted by atomic mass is 19.4. The van der Waals surface area contributed by atoms with Crippen LogP contribution in [0.4, 0.5) is 33.7 Å². The van der Waals surface area contributed by atoms with Crippen molar-refractivity contribution in [2.24, 2.45) is 5.73 Å². The molecule has 5 nitrogen and oxygen atoms in total. The number of carbonyl (C=O) groups is 2. The van der Waals surface area contributed by atoms with E-state index in [4.69, 9.17) is 5.73 Å². The van der Waals surface area contributed by atoms with E-state index in [2.05, 4.69) is 17.2 Å². The van der Waals surface area contributed by atoms with Crippen LogP contribution in [-0.4, -0.2) is 11.9 Å². The maximum absolute atomic E-state index is 13.6. The fourth-order valence-electron chi connectivity index (χ4n) is 1.85. The highest BCUT2D eigenvalue weighted by Gasteiger charge is 2.31. The van der Waals surface area contributed by atoms with Gasteiger partial charge in [-0.05, 0) is 48.4 Å². The lowest BCUT2D eigenvalue weighted by Crippen LogP contribution is -2.20. The largest absolute Gasteiger partial charge is 0.416 e. The zero-order valence-electron chi connectivity index (χ0n) is 12.9. The van der Waals surface area contributed by atoms with E-state index in [-0.39, 0.29) is 5.69 Å². The fourth-order valence-corrected chi connectivity index (χ4v) is 1.85. The van der Waals surface area contributed by atoms with E-state index in [0.717, 1.165) is 0 Å². The minimum absolute atomic E-state index is 0.277. The highest BCUT2D eigenvalue weighted by molar-refractivity contribution is 6.00. The van der Waals surface area contributed by atoms with Gasteiger partial charge in [0.2, 0.25) is 0 Å². The average molecular weight is 365 g/mol. The number of benzene rings is 2. The Bertz CT molecular complexity index is 897. The summed E-state index contributed by atoms with van der Waals surface area (Å²) in [5.41, 5.74) is 3.91. The zero-order chi connectivity index (χ0) is 19.3. The second-order valence-corrected chi connectivity index (χ2v) is 4.96. The van der Waals surface area contributed by atoms with Crippen LogP contribution in [-0.2, 0) is 11.0 Å². The summed E-state index contributed by atoms with van der Waals surface area (Å²) in [6.45, 7) is 0. The molecule has 0 spiro atoms. The third-order valence-electron chi connectivity index (χ3n) is 3.01. The molecule has 2 aromatic carbocycles. The second kappa shape index (κ2) is 7.57. The Labute approximate surface area is 145 Å². The lowest BCUT2D eigenvalue weighted by atomic mass is 10.2. The quantitative estimate of drug-likeness (QED) is 0.563. The highest BCUT2D eigenvalue weighted by Crippen LogP contribution is 2.31. The molecule has 9 heteroatoms. The van der Waals surface area contributed by atoms with Gasteiger partial charge in [-0.2, -0.15) is 13.2 Å². The van der Waals surface area contributed by atoms with Gasteiger partial charge in [-0.1, -0.05) is 5.92 Å². The fraction of sp³-hybridized carbons (Fsp3) is 0.0588.